The molecule has 0 radical (unpaired) electrons. The summed E-state index contributed by atoms with van der Waals surface area (Å²) >= 11 is 5.71. The smallest absolute Gasteiger partial charge is 0.153 e. The van der Waals surface area contributed by atoms with Crippen molar-refractivity contribution in [3.63, 3.8) is 0 Å². The molecular weight excluding hydrogens is 210 g/mol. The normalized spacial score (nSPS) is 10.7. The van der Waals surface area contributed by atoms with Crippen LogP contribution in [0.2, 0.25) is 5.15 Å². The van der Waals surface area contributed by atoms with Gasteiger partial charge >= 0.3 is 0 Å². The third-order valence-corrected chi connectivity index (χ3v) is 2.35. The maximum atomic E-state index is 5.71. The van der Waals surface area contributed by atoms with Gasteiger partial charge in [0, 0.05) is 12.6 Å². The monoisotopic (exact) mass is 227 g/mol. The number of halogens is 1. The summed E-state index contributed by atoms with van der Waals surface area (Å²) in [4.78, 5) is 0. The first-order chi connectivity index (χ1) is 7.18. The largest absolute Gasteiger partial charge is 0.384 e. The highest BCUT2D eigenvalue weighted by Crippen LogP contribution is 2.11. The van der Waals surface area contributed by atoms with Gasteiger partial charge in [0.2, 0.25) is 0 Å². The number of aromatic nitrogens is 2. The highest BCUT2D eigenvalue weighted by atomic mass is 35.5. The lowest BCUT2D eigenvalue weighted by Gasteiger charge is -2.06. The second-order valence-electron chi connectivity index (χ2n) is 4.08. The van der Waals surface area contributed by atoms with E-state index in [-0.39, 0.29) is 0 Å². The van der Waals surface area contributed by atoms with Gasteiger partial charge in [-0.15, -0.1) is 5.10 Å². The molecule has 1 aromatic heterocycles. The maximum absolute atomic E-state index is 5.71. The molecule has 1 aromatic rings. The zero-order valence-electron chi connectivity index (χ0n) is 9.33. The number of unbranched alkanes of at least 4 members (excludes halogenated alkanes) is 1. The van der Waals surface area contributed by atoms with Crippen LogP contribution >= 0.6 is 11.6 Å². The van der Waals surface area contributed by atoms with Gasteiger partial charge in [0.05, 0.1) is 11.9 Å². The lowest BCUT2D eigenvalue weighted by Crippen LogP contribution is -2.02. The van der Waals surface area contributed by atoms with Crippen LogP contribution < -0.4 is 5.32 Å². The first-order valence-electron chi connectivity index (χ1n) is 5.40. The Labute approximate surface area is 96.2 Å². The zero-order valence-corrected chi connectivity index (χ0v) is 10.1. The summed E-state index contributed by atoms with van der Waals surface area (Å²) in [5.41, 5.74) is 0.944. The van der Waals surface area contributed by atoms with E-state index in [1.165, 1.54) is 19.3 Å². The second kappa shape index (κ2) is 6.62. The van der Waals surface area contributed by atoms with Gasteiger partial charge in [0.1, 0.15) is 0 Å². The predicted molar refractivity (Wildman–Crippen MR) is 64.2 cm³/mol. The van der Waals surface area contributed by atoms with Crippen LogP contribution in [-0.2, 0) is 0 Å². The number of hydrogen-bond acceptors (Lipinski definition) is 3. The Balaban J connectivity index is 2.15. The van der Waals surface area contributed by atoms with Crippen LogP contribution in [0.5, 0.6) is 0 Å². The van der Waals surface area contributed by atoms with Crippen molar-refractivity contribution in [2.45, 2.75) is 33.1 Å². The molecule has 84 valence electrons. The minimum Gasteiger partial charge on any atom is -0.384 e. The molecule has 3 nitrogen and oxygen atoms in total. The molecular formula is C11H18ClN3. The van der Waals surface area contributed by atoms with Crippen LogP contribution in [0.3, 0.4) is 0 Å². The number of anilines is 1. The summed E-state index contributed by atoms with van der Waals surface area (Å²) < 4.78 is 0. The Morgan fingerprint density at radius 2 is 2.20 bits per heavy atom. The van der Waals surface area contributed by atoms with Crippen LogP contribution in [0.4, 0.5) is 5.69 Å². The topological polar surface area (TPSA) is 37.8 Å². The molecule has 0 amide bonds. The van der Waals surface area contributed by atoms with Crippen LogP contribution in [0.25, 0.3) is 0 Å². The van der Waals surface area contributed by atoms with Gasteiger partial charge in [-0.2, -0.15) is 5.10 Å². The molecule has 0 aliphatic carbocycles. The van der Waals surface area contributed by atoms with Gasteiger partial charge in [0.25, 0.3) is 0 Å². The van der Waals surface area contributed by atoms with Crippen molar-refractivity contribution in [3.05, 3.63) is 17.4 Å². The Morgan fingerprint density at radius 1 is 1.40 bits per heavy atom. The van der Waals surface area contributed by atoms with Gasteiger partial charge in [-0.3, -0.25) is 0 Å². The fourth-order valence-corrected chi connectivity index (χ4v) is 1.51. The number of hydrogen-bond donors (Lipinski definition) is 1. The first-order valence-corrected chi connectivity index (χ1v) is 5.78. The summed E-state index contributed by atoms with van der Waals surface area (Å²) in [5, 5.41) is 11.2. The van der Waals surface area contributed by atoms with E-state index in [0.29, 0.717) is 5.15 Å². The van der Waals surface area contributed by atoms with Crippen LogP contribution in [0.15, 0.2) is 12.3 Å². The zero-order chi connectivity index (χ0) is 11.1. The SMILES string of the molecule is CC(C)CCCCNc1cnnc(Cl)c1. The Bertz CT molecular complexity index is 289. The number of nitrogens with zero attached hydrogens (tertiary/aromatic N) is 2. The molecule has 0 saturated carbocycles. The van der Waals surface area contributed by atoms with Crippen molar-refractivity contribution in [3.8, 4) is 0 Å². The van der Waals surface area contributed by atoms with E-state index in [0.717, 1.165) is 18.2 Å². The van der Waals surface area contributed by atoms with Crippen LogP contribution in [-0.4, -0.2) is 16.7 Å². The average Bonchev–Trinajstić information content (AvgIpc) is 2.17. The minimum absolute atomic E-state index is 0.433. The van der Waals surface area contributed by atoms with Crippen molar-refractivity contribution in [2.24, 2.45) is 5.92 Å². The first kappa shape index (κ1) is 12.2. The Kier molecular flexibility index (Phi) is 5.40. The molecule has 1 heterocycles. The minimum atomic E-state index is 0.433. The second-order valence-corrected chi connectivity index (χ2v) is 4.47. The van der Waals surface area contributed by atoms with Gasteiger partial charge < -0.3 is 5.32 Å². The number of rotatable bonds is 6. The summed E-state index contributed by atoms with van der Waals surface area (Å²) in [6, 6.07) is 1.79. The molecule has 0 aliphatic rings. The molecule has 0 fully saturated rings. The van der Waals surface area contributed by atoms with Gasteiger partial charge in [-0.05, 0) is 12.3 Å². The van der Waals surface area contributed by atoms with Crippen LogP contribution in [0, 0.1) is 5.92 Å². The molecule has 0 aliphatic heterocycles. The van der Waals surface area contributed by atoms with Gasteiger partial charge in [-0.1, -0.05) is 38.3 Å². The molecule has 15 heavy (non-hydrogen) atoms. The van der Waals surface area contributed by atoms with Crippen molar-refractivity contribution < 1.29 is 0 Å². The molecule has 0 bridgehead atoms. The van der Waals surface area contributed by atoms with Crippen molar-refractivity contribution in [2.75, 3.05) is 11.9 Å². The molecule has 0 unspecified atom stereocenters. The lowest BCUT2D eigenvalue weighted by molar-refractivity contribution is 0.545. The highest BCUT2D eigenvalue weighted by Gasteiger charge is 1.96. The fourth-order valence-electron chi connectivity index (χ4n) is 1.35. The number of nitrogens with one attached hydrogen (secondary N) is 1. The van der Waals surface area contributed by atoms with E-state index in [4.69, 9.17) is 11.6 Å². The van der Waals surface area contributed by atoms with E-state index in [2.05, 4.69) is 29.4 Å². The van der Waals surface area contributed by atoms with E-state index >= 15 is 0 Å². The summed E-state index contributed by atoms with van der Waals surface area (Å²) in [5.74, 6) is 0.794. The van der Waals surface area contributed by atoms with E-state index < -0.39 is 0 Å². The van der Waals surface area contributed by atoms with E-state index in [1.807, 2.05) is 0 Å². The molecule has 4 heteroatoms. The summed E-state index contributed by atoms with van der Waals surface area (Å²) in [6.45, 7) is 5.47. The van der Waals surface area contributed by atoms with Gasteiger partial charge in [0.15, 0.2) is 5.15 Å². The molecule has 1 N–H and O–H groups in total. The molecule has 0 atom stereocenters. The highest BCUT2D eigenvalue weighted by molar-refractivity contribution is 6.29. The summed E-state index contributed by atoms with van der Waals surface area (Å²) in [7, 11) is 0. The predicted octanol–water partition coefficient (Wildman–Crippen LogP) is 3.37. The molecule has 0 saturated heterocycles. The van der Waals surface area contributed by atoms with E-state index in [9.17, 15) is 0 Å². The molecule has 0 aromatic carbocycles. The average molecular weight is 228 g/mol. The quantitative estimate of drug-likeness (QED) is 0.758. The lowest BCUT2D eigenvalue weighted by atomic mass is 10.1. The third-order valence-electron chi connectivity index (χ3n) is 2.16. The van der Waals surface area contributed by atoms with Gasteiger partial charge in [-0.25, -0.2) is 0 Å². The standard InChI is InChI=1S/C11H18ClN3/c1-9(2)5-3-4-6-13-10-7-11(12)15-14-8-10/h7-9H,3-6H2,1-2H3,(H,13,15). The van der Waals surface area contributed by atoms with Crippen molar-refractivity contribution >= 4 is 17.3 Å². The molecule has 1 rings (SSSR count). The molecule has 0 spiro atoms. The van der Waals surface area contributed by atoms with E-state index in [1.54, 1.807) is 12.3 Å². The summed E-state index contributed by atoms with van der Waals surface area (Å²) in [6.07, 6.45) is 5.42. The van der Waals surface area contributed by atoms with Crippen molar-refractivity contribution in [1.29, 1.82) is 0 Å². The van der Waals surface area contributed by atoms with Crippen molar-refractivity contribution in [1.82, 2.24) is 10.2 Å². The maximum Gasteiger partial charge on any atom is 0.153 e. The van der Waals surface area contributed by atoms with Crippen LogP contribution in [0.1, 0.15) is 33.1 Å². The fraction of sp³-hybridized carbons (Fsp3) is 0.636. The Morgan fingerprint density at radius 3 is 2.87 bits per heavy atom. The Hall–Kier alpha value is -0.830. The third kappa shape index (κ3) is 5.57.